The topological polar surface area (TPSA) is 94.7 Å². The quantitative estimate of drug-likeness (QED) is 0.350. The van der Waals surface area contributed by atoms with Gasteiger partial charge in [0, 0.05) is 30.4 Å². The third kappa shape index (κ3) is 4.95. The molecule has 3 aromatic rings. The molecule has 1 amide bonds. The zero-order chi connectivity index (χ0) is 26.9. The van der Waals surface area contributed by atoms with Gasteiger partial charge in [-0.1, -0.05) is 54.6 Å². The number of H-pyrrole nitrogens is 1. The predicted octanol–water partition coefficient (Wildman–Crippen LogP) is 6.46. The number of aromatic nitrogens is 1. The predicted molar refractivity (Wildman–Crippen MR) is 151 cm³/mol. The van der Waals surface area contributed by atoms with Crippen LogP contribution in [0.4, 0.5) is 10.5 Å². The minimum atomic E-state index is -0.899. The van der Waals surface area contributed by atoms with E-state index in [2.05, 4.69) is 10.3 Å². The van der Waals surface area contributed by atoms with E-state index in [9.17, 15) is 14.7 Å². The van der Waals surface area contributed by atoms with E-state index in [0.29, 0.717) is 18.9 Å². The minimum absolute atomic E-state index is 0.157. The second-order valence-corrected chi connectivity index (χ2v) is 11.4. The SMILES string of the molecule is CC(C)(C)N(C(=O)O)C1(c2ccc(-c3[nH]c(=O)c(NC4CCOCC4)cc3-c3ccccc3)cc2)CCC1. The van der Waals surface area contributed by atoms with Crippen molar-refractivity contribution >= 4 is 11.8 Å². The Kier molecular flexibility index (Phi) is 7.05. The number of nitrogens with one attached hydrogen (secondary N) is 2. The Bertz CT molecular complexity index is 1330. The van der Waals surface area contributed by atoms with Crippen molar-refractivity contribution in [3.05, 3.63) is 76.6 Å². The van der Waals surface area contributed by atoms with E-state index in [4.69, 9.17) is 4.74 Å². The highest BCUT2D eigenvalue weighted by atomic mass is 16.5. The molecule has 3 N–H and O–H groups in total. The van der Waals surface area contributed by atoms with Gasteiger partial charge < -0.3 is 20.1 Å². The van der Waals surface area contributed by atoms with Crippen molar-refractivity contribution in [2.75, 3.05) is 18.5 Å². The Labute approximate surface area is 223 Å². The third-order valence-electron chi connectivity index (χ3n) is 7.89. The summed E-state index contributed by atoms with van der Waals surface area (Å²) in [5.41, 5.74) is 3.92. The van der Waals surface area contributed by atoms with Crippen LogP contribution in [0, 0.1) is 0 Å². The lowest BCUT2D eigenvalue weighted by Gasteiger charge is -2.54. The molecule has 1 saturated carbocycles. The molecule has 0 radical (unpaired) electrons. The number of carboxylic acid groups (broad SMARTS) is 1. The minimum Gasteiger partial charge on any atom is -0.465 e. The van der Waals surface area contributed by atoms with Crippen molar-refractivity contribution in [3.63, 3.8) is 0 Å². The molecule has 5 rings (SSSR count). The van der Waals surface area contributed by atoms with Gasteiger partial charge in [0.2, 0.25) is 0 Å². The van der Waals surface area contributed by atoms with Gasteiger partial charge in [-0.3, -0.25) is 9.69 Å². The number of rotatable bonds is 6. The van der Waals surface area contributed by atoms with Crippen molar-refractivity contribution in [3.8, 4) is 22.4 Å². The summed E-state index contributed by atoms with van der Waals surface area (Å²) < 4.78 is 5.47. The number of aromatic amines is 1. The molecule has 2 aromatic carbocycles. The molecule has 38 heavy (non-hydrogen) atoms. The number of benzene rings is 2. The summed E-state index contributed by atoms with van der Waals surface area (Å²) >= 11 is 0. The van der Waals surface area contributed by atoms with E-state index < -0.39 is 17.2 Å². The first-order valence-corrected chi connectivity index (χ1v) is 13.5. The lowest BCUT2D eigenvalue weighted by molar-refractivity contribution is -0.0328. The average molecular weight is 516 g/mol. The van der Waals surface area contributed by atoms with E-state index >= 15 is 0 Å². The van der Waals surface area contributed by atoms with Crippen molar-refractivity contribution in [2.45, 2.75) is 70.0 Å². The first kappa shape index (κ1) is 26.0. The maximum Gasteiger partial charge on any atom is 0.408 e. The lowest BCUT2D eigenvalue weighted by atomic mass is 9.69. The number of pyridine rings is 1. The Morgan fingerprint density at radius 3 is 2.24 bits per heavy atom. The Morgan fingerprint density at radius 1 is 1.03 bits per heavy atom. The zero-order valence-electron chi connectivity index (χ0n) is 22.4. The fourth-order valence-electron chi connectivity index (χ4n) is 5.98. The van der Waals surface area contributed by atoms with Crippen LogP contribution < -0.4 is 10.9 Å². The van der Waals surface area contributed by atoms with Gasteiger partial charge in [0.1, 0.15) is 5.69 Å². The number of nitrogens with zero attached hydrogens (tertiary/aromatic N) is 1. The summed E-state index contributed by atoms with van der Waals surface area (Å²) in [5.74, 6) is 0. The number of hydrogen-bond donors (Lipinski definition) is 3. The van der Waals surface area contributed by atoms with Crippen LogP contribution in [-0.2, 0) is 10.3 Å². The van der Waals surface area contributed by atoms with Gasteiger partial charge in [-0.2, -0.15) is 0 Å². The normalized spacial score (nSPS) is 17.4. The molecule has 0 spiro atoms. The van der Waals surface area contributed by atoms with Crippen molar-refractivity contribution < 1.29 is 14.6 Å². The van der Waals surface area contributed by atoms with E-state index in [0.717, 1.165) is 60.1 Å². The van der Waals surface area contributed by atoms with E-state index in [1.807, 2.05) is 81.4 Å². The van der Waals surface area contributed by atoms with Crippen LogP contribution in [0.1, 0.15) is 58.4 Å². The standard InChI is InChI=1S/C31H37N3O4/c1-30(2,3)34(29(36)37)31(16-7-17-31)23-12-10-22(11-13-23)27-25(21-8-5-4-6-9-21)20-26(28(35)33-27)32-24-14-18-38-19-15-24/h4-6,8-13,20,24,32H,7,14-19H2,1-3H3,(H,33,35)(H,36,37). The molecule has 1 aromatic heterocycles. The summed E-state index contributed by atoms with van der Waals surface area (Å²) in [7, 11) is 0. The van der Waals surface area contributed by atoms with Crippen LogP contribution in [-0.4, -0.2) is 45.9 Å². The molecule has 0 bridgehead atoms. The van der Waals surface area contributed by atoms with Gasteiger partial charge in [-0.15, -0.1) is 0 Å². The molecule has 2 fully saturated rings. The highest BCUT2D eigenvalue weighted by Crippen LogP contribution is 2.49. The van der Waals surface area contributed by atoms with Crippen LogP contribution in [0.3, 0.4) is 0 Å². The summed E-state index contributed by atoms with van der Waals surface area (Å²) in [6.45, 7) is 7.23. The largest absolute Gasteiger partial charge is 0.465 e. The van der Waals surface area contributed by atoms with Gasteiger partial charge in [-0.25, -0.2) is 4.79 Å². The fourth-order valence-corrected chi connectivity index (χ4v) is 5.98. The Balaban J connectivity index is 1.54. The second kappa shape index (κ2) is 10.3. The molecular weight excluding hydrogens is 478 g/mol. The monoisotopic (exact) mass is 515 g/mol. The maximum atomic E-state index is 13.2. The number of ether oxygens (including phenoxy) is 1. The van der Waals surface area contributed by atoms with E-state index in [-0.39, 0.29) is 11.6 Å². The number of hydrogen-bond acceptors (Lipinski definition) is 4. The molecule has 7 heteroatoms. The molecule has 1 aliphatic heterocycles. The van der Waals surface area contributed by atoms with Crippen LogP contribution in [0.15, 0.2) is 65.5 Å². The molecule has 0 atom stereocenters. The summed E-state index contributed by atoms with van der Waals surface area (Å²) in [4.78, 5) is 30.3. The highest BCUT2D eigenvalue weighted by molar-refractivity contribution is 5.83. The van der Waals surface area contributed by atoms with Gasteiger partial charge in [0.25, 0.3) is 5.56 Å². The molecule has 1 saturated heterocycles. The van der Waals surface area contributed by atoms with Gasteiger partial charge in [0.05, 0.1) is 11.2 Å². The van der Waals surface area contributed by atoms with E-state index in [1.54, 1.807) is 4.90 Å². The highest BCUT2D eigenvalue weighted by Gasteiger charge is 2.50. The van der Waals surface area contributed by atoms with Gasteiger partial charge in [-0.05, 0) is 75.6 Å². The van der Waals surface area contributed by atoms with E-state index in [1.165, 1.54) is 0 Å². The van der Waals surface area contributed by atoms with Crippen LogP contribution >= 0.6 is 0 Å². The number of amides is 1. The second-order valence-electron chi connectivity index (χ2n) is 11.4. The maximum absolute atomic E-state index is 13.2. The summed E-state index contributed by atoms with van der Waals surface area (Å²) in [6, 6.07) is 20.3. The van der Waals surface area contributed by atoms with Crippen LogP contribution in [0.25, 0.3) is 22.4 Å². The average Bonchev–Trinajstić information content (AvgIpc) is 2.87. The number of carbonyl (C=O) groups is 1. The van der Waals surface area contributed by atoms with Crippen molar-refractivity contribution in [2.24, 2.45) is 0 Å². The molecule has 0 unspecified atom stereocenters. The Morgan fingerprint density at radius 2 is 1.68 bits per heavy atom. The zero-order valence-corrected chi connectivity index (χ0v) is 22.4. The first-order chi connectivity index (χ1) is 18.2. The van der Waals surface area contributed by atoms with Crippen molar-refractivity contribution in [1.29, 1.82) is 0 Å². The smallest absolute Gasteiger partial charge is 0.408 e. The third-order valence-corrected chi connectivity index (χ3v) is 7.89. The molecule has 200 valence electrons. The van der Waals surface area contributed by atoms with Crippen LogP contribution in [0.5, 0.6) is 0 Å². The molecule has 1 aliphatic carbocycles. The van der Waals surface area contributed by atoms with Gasteiger partial charge >= 0.3 is 6.09 Å². The van der Waals surface area contributed by atoms with Gasteiger partial charge in [0.15, 0.2) is 0 Å². The Hall–Kier alpha value is -3.58. The summed E-state index contributed by atoms with van der Waals surface area (Å²) in [6.07, 6.45) is 3.43. The molecule has 2 aliphatic rings. The molecule has 7 nitrogen and oxygen atoms in total. The van der Waals surface area contributed by atoms with Crippen LogP contribution in [0.2, 0.25) is 0 Å². The van der Waals surface area contributed by atoms with Crippen molar-refractivity contribution in [1.82, 2.24) is 9.88 Å². The summed E-state index contributed by atoms with van der Waals surface area (Å²) in [5, 5.41) is 13.5. The molecular formula is C31H37N3O4. The number of anilines is 1. The fraction of sp³-hybridized carbons (Fsp3) is 0.419. The molecule has 2 heterocycles. The first-order valence-electron chi connectivity index (χ1n) is 13.5. The lowest BCUT2D eigenvalue weighted by Crippen LogP contribution is -2.60.